The molecule has 0 saturated heterocycles. The molecule has 0 radical (unpaired) electrons. The normalized spacial score (nSPS) is 11.8. The average Bonchev–Trinajstić information content (AvgIpc) is 2.48. The van der Waals surface area contributed by atoms with Gasteiger partial charge in [-0.2, -0.15) is 0 Å². The summed E-state index contributed by atoms with van der Waals surface area (Å²) in [7, 11) is 1.66. The number of rotatable bonds is 10. The molecule has 2 nitrogen and oxygen atoms in total. The molecule has 0 bridgehead atoms. The first-order valence-corrected chi connectivity index (χ1v) is 8.08. The topological polar surface area (TPSA) is 18.5 Å². The van der Waals surface area contributed by atoms with Crippen molar-refractivity contribution in [2.24, 2.45) is 0 Å². The Bertz CT molecular complexity index is 381. The average molecular weight is 340 g/mol. The van der Waals surface area contributed by atoms with Gasteiger partial charge in [-0.3, -0.25) is 0 Å². The third-order valence-corrected chi connectivity index (χ3v) is 4.69. The zero-order valence-corrected chi connectivity index (χ0v) is 14.0. The van der Waals surface area contributed by atoms with Gasteiger partial charge in [0.1, 0.15) is 0 Å². The molecule has 0 aliphatic carbocycles. The van der Waals surface area contributed by atoms with Crippen LogP contribution in [0.1, 0.15) is 18.4 Å². The van der Waals surface area contributed by atoms with Crippen LogP contribution in [-0.4, -0.2) is 38.7 Å². The molecule has 0 aromatic heterocycles. The van der Waals surface area contributed by atoms with Crippen LogP contribution >= 0.6 is 34.8 Å². The lowest BCUT2D eigenvalue weighted by atomic mass is 9.80. The van der Waals surface area contributed by atoms with Gasteiger partial charge in [0.05, 0.1) is 13.2 Å². The molecular weight excluding hydrogens is 319 g/mol. The maximum Gasteiger partial charge on any atom is 0.0700 e. The highest BCUT2D eigenvalue weighted by molar-refractivity contribution is 6.32. The Hall–Kier alpha value is 0.01000. The van der Waals surface area contributed by atoms with Gasteiger partial charge in [-0.15, -0.1) is 23.2 Å². The van der Waals surface area contributed by atoms with Crippen molar-refractivity contribution >= 4 is 34.8 Å². The van der Waals surface area contributed by atoms with Gasteiger partial charge in [0.25, 0.3) is 0 Å². The first-order chi connectivity index (χ1) is 9.70. The number of methoxy groups -OCH3 is 1. The molecule has 0 aliphatic rings. The Morgan fingerprint density at radius 2 is 1.75 bits per heavy atom. The lowest BCUT2D eigenvalue weighted by Crippen LogP contribution is -2.31. The van der Waals surface area contributed by atoms with Crippen LogP contribution in [0, 0.1) is 0 Å². The Kier molecular flexibility index (Phi) is 8.90. The van der Waals surface area contributed by atoms with E-state index in [-0.39, 0.29) is 5.41 Å². The molecule has 1 aromatic rings. The zero-order valence-electron chi connectivity index (χ0n) is 11.7. The van der Waals surface area contributed by atoms with E-state index >= 15 is 0 Å². The maximum atomic E-state index is 6.28. The molecule has 5 heteroatoms. The fourth-order valence-electron chi connectivity index (χ4n) is 2.10. The summed E-state index contributed by atoms with van der Waals surface area (Å²) in [6.45, 7) is 1.89. The smallest absolute Gasteiger partial charge is 0.0700 e. The van der Waals surface area contributed by atoms with Crippen LogP contribution in [0.2, 0.25) is 5.02 Å². The number of hydrogen-bond donors (Lipinski definition) is 0. The Morgan fingerprint density at radius 3 is 2.35 bits per heavy atom. The van der Waals surface area contributed by atoms with Crippen LogP contribution in [-0.2, 0) is 14.9 Å². The number of benzene rings is 1. The number of ether oxygens (including phenoxy) is 2. The molecule has 0 aliphatic heterocycles. The highest BCUT2D eigenvalue weighted by Crippen LogP contribution is 2.36. The minimum Gasteiger partial charge on any atom is -0.382 e. The molecule has 0 atom stereocenters. The molecule has 0 amide bonds. The van der Waals surface area contributed by atoms with Gasteiger partial charge < -0.3 is 9.47 Å². The standard InChI is InChI=1S/C15H21Cl3O2/c1-19-9-10-20-8-4-7-15(11-16,12-17)13-5-2-3-6-14(13)18/h2-3,5-6H,4,7-12H2,1H3. The number of halogens is 3. The van der Waals surface area contributed by atoms with Crippen molar-refractivity contribution in [3.8, 4) is 0 Å². The van der Waals surface area contributed by atoms with Crippen molar-refractivity contribution in [1.29, 1.82) is 0 Å². The Balaban J connectivity index is 2.61. The SMILES string of the molecule is COCCOCCCC(CCl)(CCl)c1ccccc1Cl. The second-order valence-corrected chi connectivity index (χ2v) is 5.68. The van der Waals surface area contributed by atoms with Crippen molar-refractivity contribution in [3.05, 3.63) is 34.9 Å². The summed E-state index contributed by atoms with van der Waals surface area (Å²) in [6, 6.07) is 7.75. The molecule has 0 spiro atoms. The zero-order chi connectivity index (χ0) is 14.8. The second kappa shape index (κ2) is 9.86. The summed E-state index contributed by atoms with van der Waals surface area (Å²) in [5.41, 5.74) is 0.718. The van der Waals surface area contributed by atoms with Crippen LogP contribution in [0.15, 0.2) is 24.3 Å². The molecule has 0 heterocycles. The van der Waals surface area contributed by atoms with E-state index in [4.69, 9.17) is 44.3 Å². The first-order valence-electron chi connectivity index (χ1n) is 6.64. The van der Waals surface area contributed by atoms with Gasteiger partial charge >= 0.3 is 0 Å². The third-order valence-electron chi connectivity index (χ3n) is 3.33. The van der Waals surface area contributed by atoms with Crippen LogP contribution in [0.5, 0.6) is 0 Å². The van der Waals surface area contributed by atoms with E-state index in [1.165, 1.54) is 0 Å². The first kappa shape index (κ1) is 18.1. The predicted molar refractivity (Wildman–Crippen MR) is 86.5 cm³/mol. The molecule has 1 aromatic carbocycles. The van der Waals surface area contributed by atoms with E-state index in [9.17, 15) is 0 Å². The summed E-state index contributed by atoms with van der Waals surface area (Å²) in [4.78, 5) is 0. The van der Waals surface area contributed by atoms with E-state index < -0.39 is 0 Å². The summed E-state index contributed by atoms with van der Waals surface area (Å²) in [5, 5.41) is 0.717. The second-order valence-electron chi connectivity index (χ2n) is 4.74. The van der Waals surface area contributed by atoms with Crippen LogP contribution in [0.25, 0.3) is 0 Å². The van der Waals surface area contributed by atoms with E-state index in [0.717, 1.165) is 18.4 Å². The minimum atomic E-state index is -0.300. The Morgan fingerprint density at radius 1 is 1.05 bits per heavy atom. The van der Waals surface area contributed by atoms with Crippen molar-refractivity contribution in [2.75, 3.05) is 38.7 Å². The van der Waals surface area contributed by atoms with Gasteiger partial charge in [-0.05, 0) is 24.5 Å². The molecule has 1 rings (SSSR count). The lowest BCUT2D eigenvalue weighted by Gasteiger charge is -2.31. The monoisotopic (exact) mass is 338 g/mol. The van der Waals surface area contributed by atoms with Gasteiger partial charge in [-0.1, -0.05) is 29.8 Å². The molecule has 0 unspecified atom stereocenters. The lowest BCUT2D eigenvalue weighted by molar-refractivity contribution is 0.0671. The van der Waals surface area contributed by atoms with Gasteiger partial charge in [-0.25, -0.2) is 0 Å². The van der Waals surface area contributed by atoms with E-state index in [2.05, 4.69) is 0 Å². The van der Waals surface area contributed by atoms with Gasteiger partial charge in [0.2, 0.25) is 0 Å². The minimum absolute atomic E-state index is 0.300. The quantitative estimate of drug-likeness (QED) is 0.461. The predicted octanol–water partition coefficient (Wildman–Crippen LogP) is 4.50. The highest BCUT2D eigenvalue weighted by atomic mass is 35.5. The van der Waals surface area contributed by atoms with Crippen molar-refractivity contribution in [2.45, 2.75) is 18.3 Å². The number of hydrogen-bond acceptors (Lipinski definition) is 2. The maximum absolute atomic E-state index is 6.28. The van der Waals surface area contributed by atoms with Crippen LogP contribution in [0.4, 0.5) is 0 Å². The van der Waals surface area contributed by atoms with Gasteiger partial charge in [0, 0.05) is 35.9 Å². The highest BCUT2D eigenvalue weighted by Gasteiger charge is 2.31. The van der Waals surface area contributed by atoms with Gasteiger partial charge in [0.15, 0.2) is 0 Å². The molecule has 0 saturated carbocycles. The fourth-order valence-corrected chi connectivity index (χ4v) is 3.27. The largest absolute Gasteiger partial charge is 0.382 e. The molecule has 114 valence electrons. The van der Waals surface area contributed by atoms with E-state index in [1.54, 1.807) is 7.11 Å². The Labute approximate surface area is 136 Å². The fraction of sp³-hybridized carbons (Fsp3) is 0.600. The van der Waals surface area contributed by atoms with Crippen molar-refractivity contribution < 1.29 is 9.47 Å². The summed E-state index contributed by atoms with van der Waals surface area (Å²) >= 11 is 18.7. The molecule has 0 N–H and O–H groups in total. The van der Waals surface area contributed by atoms with E-state index in [0.29, 0.717) is 36.6 Å². The van der Waals surface area contributed by atoms with Crippen molar-refractivity contribution in [1.82, 2.24) is 0 Å². The van der Waals surface area contributed by atoms with Crippen molar-refractivity contribution in [3.63, 3.8) is 0 Å². The third kappa shape index (κ3) is 5.09. The summed E-state index contributed by atoms with van der Waals surface area (Å²) in [5.74, 6) is 0.886. The molecular formula is C15H21Cl3O2. The van der Waals surface area contributed by atoms with Crippen LogP contribution in [0.3, 0.4) is 0 Å². The number of alkyl halides is 2. The molecule has 0 fully saturated rings. The van der Waals surface area contributed by atoms with E-state index in [1.807, 2.05) is 24.3 Å². The summed E-state index contributed by atoms with van der Waals surface area (Å²) < 4.78 is 10.4. The molecule has 20 heavy (non-hydrogen) atoms. The summed E-state index contributed by atoms with van der Waals surface area (Å²) in [6.07, 6.45) is 1.73. The van der Waals surface area contributed by atoms with Crippen LogP contribution < -0.4 is 0 Å².